The van der Waals surface area contributed by atoms with Crippen LogP contribution in [0, 0.1) is 0 Å². The van der Waals surface area contributed by atoms with Crippen molar-refractivity contribution in [3.8, 4) is 5.88 Å². The van der Waals surface area contributed by atoms with Crippen molar-refractivity contribution in [1.29, 1.82) is 0 Å². The number of ether oxygens (including phenoxy) is 1. The summed E-state index contributed by atoms with van der Waals surface area (Å²) in [6.07, 6.45) is 1.02. The van der Waals surface area contributed by atoms with Crippen LogP contribution in [0.1, 0.15) is 19.2 Å². The second kappa shape index (κ2) is 4.70. The van der Waals surface area contributed by atoms with E-state index in [0.29, 0.717) is 11.8 Å². The summed E-state index contributed by atoms with van der Waals surface area (Å²) in [6.45, 7) is 2.99. The van der Waals surface area contributed by atoms with E-state index in [9.17, 15) is 0 Å². The third-order valence-corrected chi connectivity index (χ3v) is 2.66. The minimum absolute atomic E-state index is 0.401. The zero-order valence-corrected chi connectivity index (χ0v) is 10.2. The van der Waals surface area contributed by atoms with Crippen molar-refractivity contribution in [3.05, 3.63) is 18.0 Å². The molecule has 2 heterocycles. The number of methoxy groups -OCH3 is 1. The number of alkyl halides is 1. The minimum Gasteiger partial charge on any atom is -0.481 e. The van der Waals surface area contributed by atoms with Crippen LogP contribution in [0.4, 0.5) is 0 Å². The SMILES string of the molecule is CCCn1c(CCl)nc2ccc(OC)nc21. The molecule has 0 fully saturated rings. The second-order valence-corrected chi connectivity index (χ2v) is 3.78. The highest BCUT2D eigenvalue weighted by Crippen LogP contribution is 2.19. The first-order valence-electron chi connectivity index (χ1n) is 5.26. The Morgan fingerprint density at radius 3 is 2.81 bits per heavy atom. The molecule has 0 bridgehead atoms. The molecule has 2 aromatic heterocycles. The van der Waals surface area contributed by atoms with Gasteiger partial charge in [0.2, 0.25) is 5.88 Å². The van der Waals surface area contributed by atoms with Gasteiger partial charge in [0.05, 0.1) is 13.0 Å². The van der Waals surface area contributed by atoms with Crippen LogP contribution in [0.2, 0.25) is 0 Å². The van der Waals surface area contributed by atoms with Gasteiger partial charge in [0.15, 0.2) is 5.65 Å². The normalized spacial score (nSPS) is 10.9. The molecular weight excluding hydrogens is 226 g/mol. The number of hydrogen-bond donors (Lipinski definition) is 0. The Labute approximate surface area is 99.2 Å². The van der Waals surface area contributed by atoms with Crippen molar-refractivity contribution in [1.82, 2.24) is 14.5 Å². The highest BCUT2D eigenvalue weighted by atomic mass is 35.5. The Morgan fingerprint density at radius 2 is 2.19 bits per heavy atom. The zero-order chi connectivity index (χ0) is 11.5. The van der Waals surface area contributed by atoms with Gasteiger partial charge < -0.3 is 9.30 Å². The molecular formula is C11H14ClN3O. The van der Waals surface area contributed by atoms with Gasteiger partial charge in [-0.1, -0.05) is 6.92 Å². The molecule has 4 nitrogen and oxygen atoms in total. The molecule has 0 saturated carbocycles. The van der Waals surface area contributed by atoms with Crippen LogP contribution >= 0.6 is 11.6 Å². The summed E-state index contributed by atoms with van der Waals surface area (Å²) in [5.74, 6) is 1.86. The van der Waals surface area contributed by atoms with Crippen LogP contribution in [0.15, 0.2) is 12.1 Å². The summed E-state index contributed by atoms with van der Waals surface area (Å²) >= 11 is 5.87. The lowest BCUT2D eigenvalue weighted by Crippen LogP contribution is -2.02. The van der Waals surface area contributed by atoms with Crippen molar-refractivity contribution < 1.29 is 4.74 Å². The van der Waals surface area contributed by atoms with Gasteiger partial charge in [0.25, 0.3) is 0 Å². The lowest BCUT2D eigenvalue weighted by atomic mass is 10.4. The van der Waals surface area contributed by atoms with Crippen LogP contribution in [0.25, 0.3) is 11.2 Å². The van der Waals surface area contributed by atoms with Crippen molar-refractivity contribution in [3.63, 3.8) is 0 Å². The highest BCUT2D eigenvalue weighted by molar-refractivity contribution is 6.16. The molecule has 0 radical (unpaired) electrons. The van der Waals surface area contributed by atoms with E-state index in [1.807, 2.05) is 16.7 Å². The zero-order valence-electron chi connectivity index (χ0n) is 9.40. The van der Waals surface area contributed by atoms with E-state index in [1.54, 1.807) is 7.11 Å². The van der Waals surface area contributed by atoms with Gasteiger partial charge in [0, 0.05) is 12.6 Å². The first-order valence-corrected chi connectivity index (χ1v) is 5.79. The molecule has 0 N–H and O–H groups in total. The molecule has 0 spiro atoms. The summed E-state index contributed by atoms with van der Waals surface area (Å²) in [5, 5.41) is 0. The van der Waals surface area contributed by atoms with E-state index in [0.717, 1.165) is 30.0 Å². The third kappa shape index (κ3) is 1.85. The number of hydrogen-bond acceptors (Lipinski definition) is 3. The van der Waals surface area contributed by atoms with Gasteiger partial charge in [-0.05, 0) is 12.5 Å². The van der Waals surface area contributed by atoms with Crippen LogP contribution in [0.3, 0.4) is 0 Å². The largest absolute Gasteiger partial charge is 0.481 e. The van der Waals surface area contributed by atoms with Crippen LogP contribution in [0.5, 0.6) is 5.88 Å². The lowest BCUT2D eigenvalue weighted by Gasteiger charge is -2.05. The lowest BCUT2D eigenvalue weighted by molar-refractivity contribution is 0.399. The standard InChI is InChI=1S/C11H14ClN3O/c1-3-6-15-9(7-12)13-8-4-5-10(16-2)14-11(8)15/h4-5H,3,6-7H2,1-2H3. The topological polar surface area (TPSA) is 39.9 Å². The van der Waals surface area contributed by atoms with E-state index in [1.165, 1.54) is 0 Å². The van der Waals surface area contributed by atoms with E-state index < -0.39 is 0 Å². The van der Waals surface area contributed by atoms with Gasteiger partial charge in [-0.25, -0.2) is 4.98 Å². The van der Waals surface area contributed by atoms with Crippen molar-refractivity contribution in [2.24, 2.45) is 0 Å². The van der Waals surface area contributed by atoms with Crippen molar-refractivity contribution in [2.75, 3.05) is 7.11 Å². The molecule has 2 aromatic rings. The summed E-state index contributed by atoms with van der Waals surface area (Å²) in [4.78, 5) is 8.84. The first kappa shape index (κ1) is 11.2. The van der Waals surface area contributed by atoms with E-state index in [2.05, 4.69) is 16.9 Å². The molecule has 86 valence electrons. The summed E-state index contributed by atoms with van der Waals surface area (Å²) in [6, 6.07) is 3.72. The number of halogens is 1. The number of aryl methyl sites for hydroxylation is 1. The van der Waals surface area contributed by atoms with Crippen molar-refractivity contribution >= 4 is 22.8 Å². The fourth-order valence-corrected chi connectivity index (χ4v) is 1.91. The van der Waals surface area contributed by atoms with Crippen LogP contribution in [-0.2, 0) is 12.4 Å². The molecule has 0 aromatic carbocycles. The van der Waals surface area contributed by atoms with Gasteiger partial charge in [-0.15, -0.1) is 11.6 Å². The molecule has 0 atom stereocenters. The highest BCUT2D eigenvalue weighted by Gasteiger charge is 2.11. The van der Waals surface area contributed by atoms with E-state index in [-0.39, 0.29) is 0 Å². The van der Waals surface area contributed by atoms with Gasteiger partial charge in [-0.2, -0.15) is 4.98 Å². The molecule has 16 heavy (non-hydrogen) atoms. The third-order valence-electron chi connectivity index (χ3n) is 2.42. The summed E-state index contributed by atoms with van der Waals surface area (Å²) in [7, 11) is 1.61. The van der Waals surface area contributed by atoms with E-state index in [4.69, 9.17) is 16.3 Å². The van der Waals surface area contributed by atoms with Gasteiger partial charge in [-0.3, -0.25) is 0 Å². The summed E-state index contributed by atoms with van der Waals surface area (Å²) < 4.78 is 7.16. The Bertz CT molecular complexity index is 495. The maximum atomic E-state index is 5.87. The van der Waals surface area contributed by atoms with Gasteiger partial charge in [0.1, 0.15) is 11.3 Å². The average Bonchev–Trinajstić information content (AvgIpc) is 2.67. The molecule has 0 saturated heterocycles. The second-order valence-electron chi connectivity index (χ2n) is 3.51. The molecule has 5 heteroatoms. The number of aromatic nitrogens is 3. The molecule has 0 aliphatic carbocycles. The number of imidazole rings is 1. The Kier molecular flexibility index (Phi) is 3.29. The maximum Gasteiger partial charge on any atom is 0.215 e. The monoisotopic (exact) mass is 239 g/mol. The maximum absolute atomic E-state index is 5.87. The quantitative estimate of drug-likeness (QED) is 0.770. The smallest absolute Gasteiger partial charge is 0.215 e. The fourth-order valence-electron chi connectivity index (χ4n) is 1.71. The number of rotatable bonds is 4. The average molecular weight is 240 g/mol. The molecule has 0 amide bonds. The fraction of sp³-hybridized carbons (Fsp3) is 0.455. The van der Waals surface area contributed by atoms with Crippen LogP contribution in [-0.4, -0.2) is 21.6 Å². The Morgan fingerprint density at radius 1 is 1.38 bits per heavy atom. The number of fused-ring (bicyclic) bond motifs is 1. The molecule has 2 rings (SSSR count). The van der Waals surface area contributed by atoms with Gasteiger partial charge >= 0.3 is 0 Å². The number of pyridine rings is 1. The predicted octanol–water partition coefficient (Wildman–Crippen LogP) is 2.59. The van der Waals surface area contributed by atoms with Crippen molar-refractivity contribution in [2.45, 2.75) is 25.8 Å². The predicted molar refractivity (Wildman–Crippen MR) is 63.9 cm³/mol. The minimum atomic E-state index is 0.401. The Hall–Kier alpha value is -1.29. The van der Waals surface area contributed by atoms with Crippen LogP contribution < -0.4 is 4.74 Å². The number of nitrogens with zero attached hydrogens (tertiary/aromatic N) is 3. The molecule has 0 aliphatic rings. The molecule has 0 unspecified atom stereocenters. The Balaban J connectivity index is 2.60. The van der Waals surface area contributed by atoms with E-state index >= 15 is 0 Å². The first-order chi connectivity index (χ1) is 7.80. The molecule has 0 aliphatic heterocycles. The summed E-state index contributed by atoms with van der Waals surface area (Å²) in [5.41, 5.74) is 1.71.